The van der Waals surface area contributed by atoms with Crippen LogP contribution in [0.25, 0.3) is 5.69 Å². The molecule has 1 aromatic carbocycles. The standard InChI is InChI=1S/C14H15N3S/c1-10-5-4-6-13(12(10)3)17-8-7-16-14(17)18-11(2)9-15/h4-8,11H,1-3H3. The highest BCUT2D eigenvalue weighted by molar-refractivity contribution is 8.00. The monoisotopic (exact) mass is 257 g/mol. The maximum atomic E-state index is 8.89. The molecule has 0 N–H and O–H groups in total. The lowest BCUT2D eigenvalue weighted by molar-refractivity contribution is 0.883. The number of hydrogen-bond donors (Lipinski definition) is 0. The molecule has 0 fully saturated rings. The summed E-state index contributed by atoms with van der Waals surface area (Å²) in [6.45, 7) is 6.08. The van der Waals surface area contributed by atoms with Crippen LogP contribution in [0.5, 0.6) is 0 Å². The molecule has 1 aromatic heterocycles. The van der Waals surface area contributed by atoms with Crippen LogP contribution >= 0.6 is 11.8 Å². The number of nitriles is 1. The van der Waals surface area contributed by atoms with E-state index in [9.17, 15) is 0 Å². The van der Waals surface area contributed by atoms with Gasteiger partial charge in [0.2, 0.25) is 0 Å². The van der Waals surface area contributed by atoms with Crippen LogP contribution in [0, 0.1) is 25.2 Å². The minimum Gasteiger partial charge on any atom is -0.295 e. The SMILES string of the molecule is Cc1cccc(-n2ccnc2SC(C)C#N)c1C. The van der Waals surface area contributed by atoms with Gasteiger partial charge in [0.25, 0.3) is 0 Å². The van der Waals surface area contributed by atoms with Crippen molar-refractivity contribution in [2.24, 2.45) is 0 Å². The van der Waals surface area contributed by atoms with Gasteiger partial charge in [0.1, 0.15) is 0 Å². The minimum atomic E-state index is -0.101. The fraction of sp³-hybridized carbons (Fsp3) is 0.286. The Kier molecular flexibility index (Phi) is 3.73. The molecular weight excluding hydrogens is 242 g/mol. The first-order chi connectivity index (χ1) is 8.63. The van der Waals surface area contributed by atoms with Gasteiger partial charge in [-0.1, -0.05) is 23.9 Å². The zero-order valence-electron chi connectivity index (χ0n) is 10.7. The third-order valence-corrected chi connectivity index (χ3v) is 3.88. The number of rotatable bonds is 3. The van der Waals surface area contributed by atoms with Crippen LogP contribution in [0.1, 0.15) is 18.1 Å². The van der Waals surface area contributed by atoms with Crippen molar-refractivity contribution in [3.8, 4) is 11.8 Å². The molecule has 0 saturated heterocycles. The van der Waals surface area contributed by atoms with Crippen LogP contribution in [0.2, 0.25) is 0 Å². The van der Waals surface area contributed by atoms with Gasteiger partial charge in [-0.3, -0.25) is 4.57 Å². The van der Waals surface area contributed by atoms with E-state index in [0.717, 1.165) is 10.8 Å². The van der Waals surface area contributed by atoms with Gasteiger partial charge in [0.15, 0.2) is 5.16 Å². The van der Waals surface area contributed by atoms with Crippen LogP contribution in [0.3, 0.4) is 0 Å². The number of hydrogen-bond acceptors (Lipinski definition) is 3. The first-order valence-corrected chi connectivity index (χ1v) is 6.67. The van der Waals surface area contributed by atoms with E-state index >= 15 is 0 Å². The summed E-state index contributed by atoms with van der Waals surface area (Å²) < 4.78 is 2.04. The predicted octanol–water partition coefficient (Wildman–Crippen LogP) is 3.49. The number of aromatic nitrogens is 2. The lowest BCUT2D eigenvalue weighted by atomic mass is 10.1. The van der Waals surface area contributed by atoms with E-state index in [1.54, 1.807) is 6.20 Å². The molecule has 92 valence electrons. The molecule has 4 heteroatoms. The Labute approximate surface area is 111 Å². The lowest BCUT2D eigenvalue weighted by Crippen LogP contribution is -2.01. The summed E-state index contributed by atoms with van der Waals surface area (Å²) in [5.41, 5.74) is 3.62. The van der Waals surface area contributed by atoms with Crippen LogP contribution in [0.4, 0.5) is 0 Å². The Morgan fingerprint density at radius 3 is 2.89 bits per heavy atom. The molecule has 2 rings (SSSR count). The molecule has 0 saturated carbocycles. The Balaban J connectivity index is 2.43. The minimum absolute atomic E-state index is 0.101. The average Bonchev–Trinajstić information content (AvgIpc) is 2.80. The maximum Gasteiger partial charge on any atom is 0.173 e. The van der Waals surface area contributed by atoms with Gasteiger partial charge in [-0.05, 0) is 38.0 Å². The molecule has 0 amide bonds. The van der Waals surface area contributed by atoms with Crippen molar-refractivity contribution in [1.82, 2.24) is 9.55 Å². The fourth-order valence-corrected chi connectivity index (χ4v) is 2.50. The van der Waals surface area contributed by atoms with Gasteiger partial charge in [0, 0.05) is 12.4 Å². The smallest absolute Gasteiger partial charge is 0.173 e. The van der Waals surface area contributed by atoms with Crippen LogP contribution in [0.15, 0.2) is 35.7 Å². The summed E-state index contributed by atoms with van der Waals surface area (Å²) in [6.07, 6.45) is 3.71. The largest absolute Gasteiger partial charge is 0.295 e. The quantitative estimate of drug-likeness (QED) is 0.790. The van der Waals surface area contributed by atoms with Crippen molar-refractivity contribution >= 4 is 11.8 Å². The number of thioether (sulfide) groups is 1. The molecule has 0 radical (unpaired) electrons. The normalized spacial score (nSPS) is 12.1. The molecule has 1 atom stereocenters. The molecule has 0 bridgehead atoms. The van der Waals surface area contributed by atoms with Crippen molar-refractivity contribution in [2.75, 3.05) is 0 Å². The molecule has 0 aliphatic heterocycles. The van der Waals surface area contributed by atoms with Crippen molar-refractivity contribution in [1.29, 1.82) is 5.26 Å². The van der Waals surface area contributed by atoms with Gasteiger partial charge in [-0.25, -0.2) is 4.98 Å². The Morgan fingerprint density at radius 1 is 1.39 bits per heavy atom. The first kappa shape index (κ1) is 12.7. The topological polar surface area (TPSA) is 41.6 Å². The molecule has 1 unspecified atom stereocenters. The van der Waals surface area contributed by atoms with Crippen LogP contribution in [-0.4, -0.2) is 14.8 Å². The molecule has 18 heavy (non-hydrogen) atoms. The highest BCUT2D eigenvalue weighted by atomic mass is 32.2. The average molecular weight is 257 g/mol. The maximum absolute atomic E-state index is 8.89. The zero-order chi connectivity index (χ0) is 13.1. The summed E-state index contributed by atoms with van der Waals surface area (Å²) in [5, 5.41) is 9.64. The Hall–Kier alpha value is -1.73. The van der Waals surface area contributed by atoms with Gasteiger partial charge >= 0.3 is 0 Å². The highest BCUT2D eigenvalue weighted by Crippen LogP contribution is 2.26. The van der Waals surface area contributed by atoms with Crippen molar-refractivity contribution in [2.45, 2.75) is 31.2 Å². The number of aryl methyl sites for hydroxylation is 1. The number of benzene rings is 1. The highest BCUT2D eigenvalue weighted by Gasteiger charge is 2.11. The Morgan fingerprint density at radius 2 is 2.17 bits per heavy atom. The zero-order valence-corrected chi connectivity index (χ0v) is 11.5. The van der Waals surface area contributed by atoms with E-state index < -0.39 is 0 Å². The lowest BCUT2D eigenvalue weighted by Gasteiger charge is -2.12. The Bertz CT molecular complexity index is 595. The molecule has 1 heterocycles. The third-order valence-electron chi connectivity index (χ3n) is 2.91. The molecule has 0 spiro atoms. The van der Waals surface area contributed by atoms with Crippen molar-refractivity contribution in [3.63, 3.8) is 0 Å². The number of nitrogens with zero attached hydrogens (tertiary/aromatic N) is 3. The van der Waals surface area contributed by atoms with Gasteiger partial charge in [0.05, 0.1) is 17.0 Å². The van der Waals surface area contributed by atoms with Crippen LogP contribution in [-0.2, 0) is 0 Å². The van der Waals surface area contributed by atoms with Gasteiger partial charge < -0.3 is 0 Å². The summed E-state index contributed by atoms with van der Waals surface area (Å²) in [4.78, 5) is 4.33. The summed E-state index contributed by atoms with van der Waals surface area (Å²) in [6, 6.07) is 8.43. The second kappa shape index (κ2) is 5.28. The first-order valence-electron chi connectivity index (χ1n) is 5.79. The van der Waals surface area contributed by atoms with Crippen LogP contribution < -0.4 is 0 Å². The van der Waals surface area contributed by atoms with E-state index in [-0.39, 0.29) is 5.25 Å². The number of imidazole rings is 1. The second-order valence-electron chi connectivity index (χ2n) is 4.19. The van der Waals surface area contributed by atoms with Gasteiger partial charge in [-0.15, -0.1) is 0 Å². The second-order valence-corrected chi connectivity index (χ2v) is 5.50. The fourth-order valence-electron chi connectivity index (χ4n) is 1.74. The van der Waals surface area contributed by atoms with E-state index in [1.165, 1.54) is 22.9 Å². The van der Waals surface area contributed by atoms with Gasteiger partial charge in [-0.2, -0.15) is 5.26 Å². The molecule has 0 aliphatic carbocycles. The molecule has 3 nitrogen and oxygen atoms in total. The molecule has 2 aromatic rings. The van der Waals surface area contributed by atoms with E-state index in [1.807, 2.05) is 23.8 Å². The molecular formula is C14H15N3S. The molecule has 0 aliphatic rings. The van der Waals surface area contributed by atoms with Crippen molar-refractivity contribution in [3.05, 3.63) is 41.7 Å². The summed E-state index contributed by atoms with van der Waals surface area (Å²) in [7, 11) is 0. The third kappa shape index (κ3) is 2.41. The van der Waals surface area contributed by atoms with E-state index in [4.69, 9.17) is 5.26 Å². The predicted molar refractivity (Wildman–Crippen MR) is 74.0 cm³/mol. The van der Waals surface area contributed by atoms with Crippen molar-refractivity contribution < 1.29 is 0 Å². The van der Waals surface area contributed by atoms with E-state index in [0.29, 0.717) is 0 Å². The summed E-state index contributed by atoms with van der Waals surface area (Å²) >= 11 is 1.48. The summed E-state index contributed by atoms with van der Waals surface area (Å²) in [5.74, 6) is 0. The van der Waals surface area contributed by atoms with E-state index in [2.05, 4.69) is 37.0 Å².